The second-order valence-corrected chi connectivity index (χ2v) is 6.42. The highest BCUT2D eigenvalue weighted by Crippen LogP contribution is 2.27. The second kappa shape index (κ2) is 7.10. The van der Waals surface area contributed by atoms with Crippen molar-refractivity contribution >= 4 is 23.2 Å². The number of hydrogen-bond donors (Lipinski definition) is 2. The van der Waals surface area contributed by atoms with E-state index in [4.69, 9.17) is 27.9 Å². The first kappa shape index (κ1) is 16.1. The summed E-state index contributed by atoms with van der Waals surface area (Å²) >= 11 is 12.1. The number of aliphatic hydroxyl groups is 1. The van der Waals surface area contributed by atoms with Crippen molar-refractivity contribution in [2.24, 2.45) is 5.41 Å². The van der Waals surface area contributed by atoms with Gasteiger partial charge in [-0.25, -0.2) is 0 Å². The summed E-state index contributed by atoms with van der Waals surface area (Å²) in [6, 6.07) is 5.95. The van der Waals surface area contributed by atoms with Crippen LogP contribution in [0.25, 0.3) is 0 Å². The molecule has 1 atom stereocenters. The van der Waals surface area contributed by atoms with Crippen LogP contribution in [0.2, 0.25) is 10.0 Å². The van der Waals surface area contributed by atoms with E-state index in [1.165, 1.54) is 0 Å². The van der Waals surface area contributed by atoms with E-state index in [9.17, 15) is 5.11 Å². The fourth-order valence-corrected chi connectivity index (χ4v) is 2.80. The number of nitrogens with one attached hydrogen (secondary N) is 1. The van der Waals surface area contributed by atoms with Gasteiger partial charge < -0.3 is 15.2 Å². The van der Waals surface area contributed by atoms with Crippen LogP contribution in [0.5, 0.6) is 0 Å². The number of hydrogen-bond acceptors (Lipinski definition) is 3. The Morgan fingerprint density at radius 3 is 2.65 bits per heavy atom. The van der Waals surface area contributed by atoms with E-state index in [-0.39, 0.29) is 12.0 Å². The first-order valence-corrected chi connectivity index (χ1v) is 7.70. The molecule has 0 spiro atoms. The van der Waals surface area contributed by atoms with Crippen molar-refractivity contribution in [1.82, 2.24) is 5.32 Å². The zero-order valence-corrected chi connectivity index (χ0v) is 13.2. The van der Waals surface area contributed by atoms with Gasteiger partial charge in [0.2, 0.25) is 0 Å². The molecule has 1 aromatic rings. The largest absolute Gasteiger partial charge is 0.396 e. The average Bonchev–Trinajstić information content (AvgIpc) is 2.39. The van der Waals surface area contributed by atoms with E-state index in [1.54, 1.807) is 6.07 Å². The van der Waals surface area contributed by atoms with Gasteiger partial charge in [-0.05, 0) is 30.5 Å². The lowest BCUT2D eigenvalue weighted by Gasteiger charge is -2.41. The van der Waals surface area contributed by atoms with Gasteiger partial charge >= 0.3 is 0 Å². The molecule has 1 saturated heterocycles. The third-order valence-electron chi connectivity index (χ3n) is 3.89. The lowest BCUT2D eigenvalue weighted by atomic mass is 9.86. The molecule has 0 aromatic heterocycles. The molecule has 1 unspecified atom stereocenters. The summed E-state index contributed by atoms with van der Waals surface area (Å²) in [6.07, 6.45) is 1.86. The molecule has 1 fully saturated rings. The summed E-state index contributed by atoms with van der Waals surface area (Å²) < 4.78 is 5.21. The minimum atomic E-state index is -0.1000. The molecule has 0 bridgehead atoms. The molecule has 2 N–H and O–H groups in total. The van der Waals surface area contributed by atoms with Gasteiger partial charge in [0.05, 0.1) is 25.2 Å². The maximum atomic E-state index is 9.43. The third-order valence-corrected chi connectivity index (χ3v) is 4.48. The topological polar surface area (TPSA) is 41.5 Å². The van der Waals surface area contributed by atoms with Crippen LogP contribution >= 0.6 is 23.2 Å². The van der Waals surface area contributed by atoms with Gasteiger partial charge in [-0.1, -0.05) is 36.2 Å². The molecule has 1 heterocycles. The van der Waals surface area contributed by atoms with E-state index in [0.29, 0.717) is 29.3 Å². The summed E-state index contributed by atoms with van der Waals surface area (Å²) in [5.74, 6) is 0. The summed E-state index contributed by atoms with van der Waals surface area (Å²) in [5.41, 5.74) is 0.996. The molecule has 2 rings (SSSR count). The Morgan fingerprint density at radius 2 is 2.15 bits per heavy atom. The standard InChI is InChI=1S/C15H21Cl2NO2/c1-2-13(18-7-15(8-19)9-20-10-15)5-11-3-4-12(16)6-14(11)17/h3-4,6,13,18-19H,2,5,7-10H2,1H3. The molecule has 1 aliphatic heterocycles. The van der Waals surface area contributed by atoms with Crippen molar-refractivity contribution in [3.63, 3.8) is 0 Å². The first-order chi connectivity index (χ1) is 9.58. The van der Waals surface area contributed by atoms with E-state index in [2.05, 4.69) is 12.2 Å². The Labute approximate surface area is 130 Å². The highest BCUT2D eigenvalue weighted by molar-refractivity contribution is 6.35. The van der Waals surface area contributed by atoms with Gasteiger partial charge in [-0.15, -0.1) is 0 Å². The van der Waals surface area contributed by atoms with Crippen molar-refractivity contribution in [2.75, 3.05) is 26.4 Å². The summed E-state index contributed by atoms with van der Waals surface area (Å²) in [7, 11) is 0. The van der Waals surface area contributed by atoms with Crippen molar-refractivity contribution in [2.45, 2.75) is 25.8 Å². The van der Waals surface area contributed by atoms with Crippen LogP contribution in [0.4, 0.5) is 0 Å². The molecule has 0 amide bonds. The maximum Gasteiger partial charge on any atom is 0.0579 e. The molecule has 112 valence electrons. The van der Waals surface area contributed by atoms with Gasteiger partial charge in [-0.3, -0.25) is 0 Å². The van der Waals surface area contributed by atoms with Crippen molar-refractivity contribution in [1.29, 1.82) is 0 Å². The molecule has 0 aliphatic carbocycles. The highest BCUT2D eigenvalue weighted by atomic mass is 35.5. The molecule has 3 nitrogen and oxygen atoms in total. The molecular formula is C15H21Cl2NO2. The monoisotopic (exact) mass is 317 g/mol. The minimum Gasteiger partial charge on any atom is -0.396 e. The van der Waals surface area contributed by atoms with Gasteiger partial charge in [0.1, 0.15) is 0 Å². The summed E-state index contributed by atoms with van der Waals surface area (Å²) in [5, 5.41) is 14.3. The maximum absolute atomic E-state index is 9.43. The van der Waals surface area contributed by atoms with E-state index in [1.807, 2.05) is 12.1 Å². The number of aliphatic hydroxyl groups excluding tert-OH is 1. The highest BCUT2D eigenvalue weighted by Gasteiger charge is 2.38. The molecule has 0 saturated carbocycles. The van der Waals surface area contributed by atoms with Crippen LogP contribution in [0.3, 0.4) is 0 Å². The summed E-state index contributed by atoms with van der Waals surface area (Å²) in [6.45, 7) is 4.35. The van der Waals surface area contributed by atoms with Crippen LogP contribution in [-0.4, -0.2) is 37.5 Å². The number of rotatable bonds is 7. The van der Waals surface area contributed by atoms with E-state index < -0.39 is 0 Å². The normalized spacial score (nSPS) is 18.6. The van der Waals surface area contributed by atoms with Crippen molar-refractivity contribution in [3.05, 3.63) is 33.8 Å². The zero-order chi connectivity index (χ0) is 14.6. The van der Waals surface area contributed by atoms with Gasteiger partial charge in [0.15, 0.2) is 0 Å². The molecule has 1 aromatic carbocycles. The third kappa shape index (κ3) is 3.86. The predicted octanol–water partition coefficient (Wildman–Crippen LogP) is 2.91. The van der Waals surface area contributed by atoms with Crippen LogP contribution < -0.4 is 5.32 Å². The first-order valence-electron chi connectivity index (χ1n) is 6.94. The summed E-state index contributed by atoms with van der Waals surface area (Å²) in [4.78, 5) is 0. The van der Waals surface area contributed by atoms with E-state index in [0.717, 1.165) is 24.9 Å². The molecule has 1 aliphatic rings. The smallest absolute Gasteiger partial charge is 0.0579 e. The van der Waals surface area contributed by atoms with Crippen molar-refractivity contribution in [3.8, 4) is 0 Å². The molecule has 0 radical (unpaired) electrons. The second-order valence-electron chi connectivity index (χ2n) is 5.58. The van der Waals surface area contributed by atoms with Crippen LogP contribution in [0.15, 0.2) is 18.2 Å². The minimum absolute atomic E-state index is 0.1000. The van der Waals surface area contributed by atoms with Gasteiger partial charge in [0, 0.05) is 22.6 Å². The fourth-order valence-electron chi connectivity index (χ4n) is 2.31. The Bertz CT molecular complexity index is 444. The zero-order valence-electron chi connectivity index (χ0n) is 11.7. The van der Waals surface area contributed by atoms with Gasteiger partial charge in [-0.2, -0.15) is 0 Å². The number of benzene rings is 1. The Balaban J connectivity index is 1.91. The van der Waals surface area contributed by atoms with Crippen LogP contribution in [0.1, 0.15) is 18.9 Å². The van der Waals surface area contributed by atoms with Crippen LogP contribution in [-0.2, 0) is 11.2 Å². The Kier molecular flexibility index (Phi) is 5.70. The van der Waals surface area contributed by atoms with Crippen molar-refractivity contribution < 1.29 is 9.84 Å². The predicted molar refractivity (Wildman–Crippen MR) is 82.6 cm³/mol. The lowest BCUT2D eigenvalue weighted by molar-refractivity contribution is -0.135. The van der Waals surface area contributed by atoms with Gasteiger partial charge in [0.25, 0.3) is 0 Å². The quantitative estimate of drug-likeness (QED) is 0.812. The number of ether oxygens (including phenoxy) is 1. The lowest BCUT2D eigenvalue weighted by Crippen LogP contribution is -2.54. The Morgan fingerprint density at radius 1 is 1.40 bits per heavy atom. The molecule has 20 heavy (non-hydrogen) atoms. The van der Waals surface area contributed by atoms with E-state index >= 15 is 0 Å². The SMILES string of the molecule is CCC(Cc1ccc(Cl)cc1Cl)NCC1(CO)COC1. The fraction of sp³-hybridized carbons (Fsp3) is 0.600. The Hall–Kier alpha value is -0.320. The molecule has 5 heteroatoms. The number of halogens is 2. The van der Waals surface area contributed by atoms with Crippen LogP contribution in [0, 0.1) is 5.41 Å². The average molecular weight is 318 g/mol. The molecular weight excluding hydrogens is 297 g/mol.